The molecule has 2 unspecified atom stereocenters. The molecule has 1 aliphatic rings. The van der Waals surface area contributed by atoms with Crippen molar-refractivity contribution in [2.45, 2.75) is 25.4 Å². The Morgan fingerprint density at radius 1 is 1.53 bits per heavy atom. The summed E-state index contributed by atoms with van der Waals surface area (Å²) in [7, 11) is 1.37. The molecule has 104 valence electrons. The molecule has 1 heterocycles. The zero-order valence-corrected chi connectivity index (χ0v) is 11.2. The van der Waals surface area contributed by atoms with Crippen molar-refractivity contribution in [3.8, 4) is 0 Å². The van der Waals surface area contributed by atoms with Gasteiger partial charge in [0.2, 0.25) is 0 Å². The van der Waals surface area contributed by atoms with Crippen molar-refractivity contribution in [1.29, 1.82) is 0 Å². The highest BCUT2D eigenvalue weighted by atomic mass is 19.1. The number of ether oxygens (including phenoxy) is 1. The molecule has 0 amide bonds. The van der Waals surface area contributed by atoms with Crippen LogP contribution in [-0.2, 0) is 9.53 Å². The van der Waals surface area contributed by atoms with E-state index >= 15 is 0 Å². The summed E-state index contributed by atoms with van der Waals surface area (Å²) in [6, 6.07) is 6.84. The largest absolute Gasteiger partial charge is 0.469 e. The van der Waals surface area contributed by atoms with E-state index < -0.39 is 0 Å². The van der Waals surface area contributed by atoms with Crippen LogP contribution in [0.15, 0.2) is 24.3 Å². The summed E-state index contributed by atoms with van der Waals surface area (Å²) >= 11 is 0. The summed E-state index contributed by atoms with van der Waals surface area (Å²) in [5, 5.41) is 3.31. The number of piperazine rings is 1. The van der Waals surface area contributed by atoms with Gasteiger partial charge >= 0.3 is 5.97 Å². The minimum absolute atomic E-state index is 0.0828. The molecule has 0 bridgehead atoms. The fraction of sp³-hybridized carbons (Fsp3) is 0.500. The average molecular weight is 266 g/mol. The number of hydrogen-bond acceptors (Lipinski definition) is 4. The van der Waals surface area contributed by atoms with Crippen LogP contribution in [0.1, 0.15) is 13.3 Å². The Morgan fingerprint density at radius 2 is 2.26 bits per heavy atom. The van der Waals surface area contributed by atoms with E-state index in [-0.39, 0.29) is 30.3 Å². The summed E-state index contributed by atoms with van der Waals surface area (Å²) in [5.41, 5.74) is 0.546. The van der Waals surface area contributed by atoms with Crippen LogP contribution in [-0.4, -0.2) is 38.3 Å². The van der Waals surface area contributed by atoms with Gasteiger partial charge in [0.05, 0.1) is 25.3 Å². The Kier molecular flexibility index (Phi) is 4.37. The lowest BCUT2D eigenvalue weighted by Crippen LogP contribution is -2.56. The predicted molar refractivity (Wildman–Crippen MR) is 71.6 cm³/mol. The lowest BCUT2D eigenvalue weighted by molar-refractivity contribution is -0.141. The van der Waals surface area contributed by atoms with Gasteiger partial charge in [0.15, 0.2) is 0 Å². The molecule has 4 nitrogen and oxygen atoms in total. The van der Waals surface area contributed by atoms with E-state index in [0.717, 1.165) is 0 Å². The van der Waals surface area contributed by atoms with Gasteiger partial charge in [0.1, 0.15) is 5.82 Å². The van der Waals surface area contributed by atoms with Crippen LogP contribution in [0.25, 0.3) is 0 Å². The van der Waals surface area contributed by atoms with Gasteiger partial charge in [-0.25, -0.2) is 4.39 Å². The van der Waals surface area contributed by atoms with Crippen molar-refractivity contribution in [2.24, 2.45) is 0 Å². The van der Waals surface area contributed by atoms with E-state index in [9.17, 15) is 9.18 Å². The fourth-order valence-electron chi connectivity index (χ4n) is 2.39. The Labute approximate surface area is 112 Å². The molecule has 1 N–H and O–H groups in total. The van der Waals surface area contributed by atoms with Gasteiger partial charge in [-0.3, -0.25) is 4.79 Å². The highest BCUT2D eigenvalue weighted by Gasteiger charge is 2.29. The molecule has 2 atom stereocenters. The zero-order chi connectivity index (χ0) is 13.8. The monoisotopic (exact) mass is 266 g/mol. The van der Waals surface area contributed by atoms with Crippen molar-refractivity contribution in [3.05, 3.63) is 30.1 Å². The van der Waals surface area contributed by atoms with E-state index in [4.69, 9.17) is 4.74 Å². The van der Waals surface area contributed by atoms with Crippen molar-refractivity contribution in [2.75, 3.05) is 25.1 Å². The molecule has 0 spiro atoms. The number of methoxy groups -OCH3 is 1. The van der Waals surface area contributed by atoms with Crippen molar-refractivity contribution < 1.29 is 13.9 Å². The Hall–Kier alpha value is -1.62. The second-order valence-corrected chi connectivity index (χ2v) is 4.85. The van der Waals surface area contributed by atoms with Gasteiger partial charge in [0, 0.05) is 19.1 Å². The number of carbonyl (C=O) groups is 1. The summed E-state index contributed by atoms with van der Waals surface area (Å²) in [6.45, 7) is 3.36. The average Bonchev–Trinajstić information content (AvgIpc) is 2.41. The summed E-state index contributed by atoms with van der Waals surface area (Å²) in [4.78, 5) is 13.4. The van der Waals surface area contributed by atoms with Gasteiger partial charge < -0.3 is 15.0 Å². The smallest absolute Gasteiger partial charge is 0.307 e. The first kappa shape index (κ1) is 13.8. The maximum Gasteiger partial charge on any atom is 0.307 e. The first-order chi connectivity index (χ1) is 9.11. The minimum Gasteiger partial charge on any atom is -0.469 e. The fourth-order valence-corrected chi connectivity index (χ4v) is 2.39. The standard InChI is InChI=1S/C14H19FN2O2/c1-10-9-17(13-6-4-3-5-12(13)15)11(8-16-10)7-14(18)19-2/h3-6,10-11,16H,7-9H2,1-2H3. The van der Waals surface area contributed by atoms with Crippen molar-refractivity contribution >= 4 is 11.7 Å². The van der Waals surface area contributed by atoms with E-state index in [1.54, 1.807) is 18.2 Å². The quantitative estimate of drug-likeness (QED) is 0.843. The molecule has 2 rings (SSSR count). The van der Waals surface area contributed by atoms with Crippen LogP contribution in [0.2, 0.25) is 0 Å². The molecule has 1 aromatic carbocycles. The number of anilines is 1. The second kappa shape index (κ2) is 6.02. The molecular formula is C14H19FN2O2. The minimum atomic E-state index is -0.275. The SMILES string of the molecule is COC(=O)CC1CNC(C)CN1c1ccccc1F. The molecule has 1 fully saturated rings. The number of halogens is 1. The van der Waals surface area contributed by atoms with E-state index in [1.807, 2.05) is 11.8 Å². The molecule has 0 radical (unpaired) electrons. The van der Waals surface area contributed by atoms with Crippen LogP contribution in [0.3, 0.4) is 0 Å². The zero-order valence-electron chi connectivity index (χ0n) is 11.2. The molecule has 5 heteroatoms. The number of para-hydroxylation sites is 1. The molecule has 0 aliphatic carbocycles. The van der Waals surface area contributed by atoms with Crippen LogP contribution in [0, 0.1) is 5.82 Å². The van der Waals surface area contributed by atoms with Crippen LogP contribution >= 0.6 is 0 Å². The molecule has 1 saturated heterocycles. The maximum absolute atomic E-state index is 13.9. The van der Waals surface area contributed by atoms with E-state index in [0.29, 0.717) is 18.8 Å². The first-order valence-corrected chi connectivity index (χ1v) is 6.43. The van der Waals surface area contributed by atoms with Gasteiger partial charge in [0.25, 0.3) is 0 Å². The van der Waals surface area contributed by atoms with E-state index in [1.165, 1.54) is 13.2 Å². The third-order valence-electron chi connectivity index (χ3n) is 3.41. The normalized spacial score (nSPS) is 23.2. The lowest BCUT2D eigenvalue weighted by Gasteiger charge is -2.40. The van der Waals surface area contributed by atoms with Gasteiger partial charge in [-0.1, -0.05) is 12.1 Å². The number of carbonyl (C=O) groups excluding carboxylic acids is 1. The van der Waals surface area contributed by atoms with Crippen molar-refractivity contribution in [3.63, 3.8) is 0 Å². The van der Waals surface area contributed by atoms with Gasteiger partial charge in [-0.2, -0.15) is 0 Å². The lowest BCUT2D eigenvalue weighted by atomic mass is 10.1. The Morgan fingerprint density at radius 3 is 2.95 bits per heavy atom. The number of benzene rings is 1. The Balaban J connectivity index is 2.21. The molecule has 1 aliphatic heterocycles. The topological polar surface area (TPSA) is 41.6 Å². The molecular weight excluding hydrogens is 247 g/mol. The Bertz CT molecular complexity index is 453. The van der Waals surface area contributed by atoms with Crippen LogP contribution < -0.4 is 10.2 Å². The maximum atomic E-state index is 13.9. The summed E-state index contributed by atoms with van der Waals surface area (Å²) in [6.07, 6.45) is 0.255. The van der Waals surface area contributed by atoms with Crippen LogP contribution in [0.4, 0.5) is 10.1 Å². The van der Waals surface area contributed by atoms with Gasteiger partial charge in [-0.05, 0) is 19.1 Å². The van der Waals surface area contributed by atoms with E-state index in [2.05, 4.69) is 5.32 Å². The molecule has 19 heavy (non-hydrogen) atoms. The molecule has 0 saturated carbocycles. The third-order valence-corrected chi connectivity index (χ3v) is 3.41. The number of esters is 1. The molecule has 0 aromatic heterocycles. The first-order valence-electron chi connectivity index (χ1n) is 6.43. The number of nitrogens with zero attached hydrogens (tertiary/aromatic N) is 1. The van der Waals surface area contributed by atoms with Gasteiger partial charge in [-0.15, -0.1) is 0 Å². The summed E-state index contributed by atoms with van der Waals surface area (Å²) < 4.78 is 18.6. The number of nitrogens with one attached hydrogen (secondary N) is 1. The molecule has 1 aromatic rings. The number of hydrogen-bond donors (Lipinski definition) is 1. The predicted octanol–water partition coefficient (Wildman–Crippen LogP) is 1.56. The summed E-state index contributed by atoms with van der Waals surface area (Å²) in [5.74, 6) is -0.533. The van der Waals surface area contributed by atoms with Crippen molar-refractivity contribution in [1.82, 2.24) is 5.32 Å². The van der Waals surface area contributed by atoms with Crippen LogP contribution in [0.5, 0.6) is 0 Å². The third kappa shape index (κ3) is 3.23. The second-order valence-electron chi connectivity index (χ2n) is 4.85. The highest BCUT2D eigenvalue weighted by molar-refractivity contribution is 5.71. The highest BCUT2D eigenvalue weighted by Crippen LogP contribution is 2.24. The number of rotatable bonds is 3.